The van der Waals surface area contributed by atoms with Gasteiger partial charge in [0.2, 0.25) is 0 Å². The first-order chi connectivity index (χ1) is 4.66. The lowest BCUT2D eigenvalue weighted by Gasteiger charge is -2.11. The van der Waals surface area contributed by atoms with Gasteiger partial charge in [-0.15, -0.1) is 0 Å². The van der Waals surface area contributed by atoms with Crippen LogP contribution in [0.3, 0.4) is 0 Å². The van der Waals surface area contributed by atoms with Crippen molar-refractivity contribution in [2.24, 2.45) is 11.7 Å². The largest absolute Gasteiger partial charge is 0.396 e. The van der Waals surface area contributed by atoms with Crippen LogP contribution in [0.2, 0.25) is 0 Å². The van der Waals surface area contributed by atoms with Crippen LogP contribution in [0.15, 0.2) is 0 Å². The number of hydrogen-bond acceptors (Lipinski definition) is 3. The maximum Gasteiger partial charge on any atom is 0.141 e. The molecule has 0 spiro atoms. The van der Waals surface area contributed by atoms with Crippen LogP contribution >= 0.6 is 0 Å². The maximum absolute atomic E-state index is 12.7. The van der Waals surface area contributed by atoms with Crippen molar-refractivity contribution in [1.82, 2.24) is 0 Å². The molecule has 4 atom stereocenters. The number of nitrogens with two attached hydrogens (primary N) is 1. The number of halogens is 1. The van der Waals surface area contributed by atoms with Crippen LogP contribution in [0.1, 0.15) is 6.42 Å². The summed E-state index contributed by atoms with van der Waals surface area (Å²) >= 11 is 0. The summed E-state index contributed by atoms with van der Waals surface area (Å²) in [6.45, 7) is -0.185. The molecule has 3 nitrogen and oxygen atoms in total. The normalized spacial score (nSPS) is 48.0. The predicted octanol–water partition coefficient (Wildman–Crippen LogP) is -0.975. The fraction of sp³-hybridized carbons (Fsp3) is 1.00. The summed E-state index contributed by atoms with van der Waals surface area (Å²) in [6, 6.07) is -0.604. The van der Waals surface area contributed by atoms with E-state index in [9.17, 15) is 4.39 Å². The molecule has 0 aromatic heterocycles. The zero-order valence-electron chi connectivity index (χ0n) is 5.57. The lowest BCUT2D eigenvalue weighted by Crippen LogP contribution is -2.32. The molecule has 4 heteroatoms. The summed E-state index contributed by atoms with van der Waals surface area (Å²) in [4.78, 5) is 0. The van der Waals surface area contributed by atoms with Gasteiger partial charge in [0.1, 0.15) is 6.17 Å². The first kappa shape index (κ1) is 7.91. The van der Waals surface area contributed by atoms with E-state index in [1.807, 2.05) is 0 Å². The molecule has 10 heavy (non-hydrogen) atoms. The smallest absolute Gasteiger partial charge is 0.141 e. The van der Waals surface area contributed by atoms with Crippen LogP contribution in [0.5, 0.6) is 0 Å². The van der Waals surface area contributed by atoms with Crippen molar-refractivity contribution in [3.05, 3.63) is 0 Å². The van der Waals surface area contributed by atoms with Crippen LogP contribution < -0.4 is 5.73 Å². The molecule has 0 unspecified atom stereocenters. The SMILES string of the molecule is N[C@@H]1C[C@H](CO)[C@@H](O)[C@@H]1F. The van der Waals surface area contributed by atoms with Crippen LogP contribution in [0.4, 0.5) is 4.39 Å². The molecule has 1 aliphatic rings. The van der Waals surface area contributed by atoms with Gasteiger partial charge in [0.05, 0.1) is 6.10 Å². The van der Waals surface area contributed by atoms with Crippen molar-refractivity contribution in [2.45, 2.75) is 24.7 Å². The molecule has 0 radical (unpaired) electrons. The summed E-state index contributed by atoms with van der Waals surface area (Å²) < 4.78 is 12.7. The van der Waals surface area contributed by atoms with Crippen LogP contribution in [0, 0.1) is 5.92 Å². The molecule has 4 N–H and O–H groups in total. The highest BCUT2D eigenvalue weighted by Gasteiger charge is 2.40. The van der Waals surface area contributed by atoms with Gasteiger partial charge < -0.3 is 15.9 Å². The van der Waals surface area contributed by atoms with E-state index in [2.05, 4.69) is 0 Å². The second kappa shape index (κ2) is 2.82. The Labute approximate surface area is 58.7 Å². The zero-order chi connectivity index (χ0) is 7.72. The Balaban J connectivity index is 2.53. The number of alkyl halides is 1. The lowest BCUT2D eigenvalue weighted by atomic mass is 10.1. The number of rotatable bonds is 1. The Morgan fingerprint density at radius 1 is 1.60 bits per heavy atom. The first-order valence-corrected chi connectivity index (χ1v) is 3.35. The zero-order valence-corrected chi connectivity index (χ0v) is 5.57. The van der Waals surface area contributed by atoms with E-state index in [-0.39, 0.29) is 12.5 Å². The molecule has 0 amide bonds. The fourth-order valence-corrected chi connectivity index (χ4v) is 1.31. The van der Waals surface area contributed by atoms with E-state index in [1.54, 1.807) is 0 Å². The summed E-state index contributed by atoms with van der Waals surface area (Å²) in [5, 5.41) is 17.6. The van der Waals surface area contributed by atoms with Crippen molar-refractivity contribution in [1.29, 1.82) is 0 Å². The van der Waals surface area contributed by atoms with Gasteiger partial charge in [-0.2, -0.15) is 0 Å². The minimum absolute atomic E-state index is 0.185. The molecule has 60 valence electrons. The van der Waals surface area contributed by atoms with Gasteiger partial charge in [0.25, 0.3) is 0 Å². The van der Waals surface area contributed by atoms with Gasteiger partial charge in [-0.05, 0) is 6.42 Å². The molecule has 0 aliphatic heterocycles. The Bertz CT molecular complexity index is 122. The molecule has 1 saturated carbocycles. The summed E-state index contributed by atoms with van der Waals surface area (Å²) in [7, 11) is 0. The minimum atomic E-state index is -1.36. The van der Waals surface area contributed by atoms with Gasteiger partial charge in [-0.3, -0.25) is 0 Å². The van der Waals surface area contributed by atoms with E-state index in [0.29, 0.717) is 6.42 Å². The second-order valence-corrected chi connectivity index (χ2v) is 2.78. The number of aliphatic hydroxyl groups is 2. The van der Waals surface area contributed by atoms with Gasteiger partial charge in [-0.25, -0.2) is 4.39 Å². The molecular weight excluding hydrogens is 137 g/mol. The highest BCUT2D eigenvalue weighted by atomic mass is 19.1. The Kier molecular flexibility index (Phi) is 2.23. The van der Waals surface area contributed by atoms with Gasteiger partial charge in [0.15, 0.2) is 0 Å². The molecule has 0 saturated heterocycles. The van der Waals surface area contributed by atoms with E-state index in [1.165, 1.54) is 0 Å². The third kappa shape index (κ3) is 1.14. The standard InChI is InChI=1S/C6H12FNO2/c7-5-4(8)1-3(2-9)6(5)10/h3-6,9-10H,1-2,8H2/t3-,4-,5-,6-/m1/s1. The van der Waals surface area contributed by atoms with Crippen molar-refractivity contribution in [2.75, 3.05) is 6.61 Å². The third-order valence-corrected chi connectivity index (χ3v) is 2.03. The Morgan fingerprint density at radius 3 is 2.40 bits per heavy atom. The topological polar surface area (TPSA) is 66.5 Å². The molecule has 1 rings (SSSR count). The van der Waals surface area contributed by atoms with Gasteiger partial charge in [0, 0.05) is 18.6 Å². The van der Waals surface area contributed by atoms with E-state index in [0.717, 1.165) is 0 Å². The predicted molar refractivity (Wildman–Crippen MR) is 34.1 cm³/mol. The average molecular weight is 149 g/mol. The lowest BCUT2D eigenvalue weighted by molar-refractivity contribution is 0.0436. The fourth-order valence-electron chi connectivity index (χ4n) is 1.31. The summed E-state index contributed by atoms with van der Waals surface area (Å²) in [5.74, 6) is -0.370. The number of aliphatic hydroxyl groups excluding tert-OH is 2. The molecule has 1 aliphatic carbocycles. The van der Waals surface area contributed by atoms with Gasteiger partial charge in [-0.1, -0.05) is 0 Å². The van der Waals surface area contributed by atoms with Crippen LogP contribution in [-0.4, -0.2) is 35.1 Å². The van der Waals surface area contributed by atoms with E-state index < -0.39 is 18.3 Å². The van der Waals surface area contributed by atoms with Gasteiger partial charge >= 0.3 is 0 Å². The highest BCUT2D eigenvalue weighted by molar-refractivity contribution is 4.93. The Morgan fingerprint density at radius 2 is 2.20 bits per heavy atom. The Hall–Kier alpha value is -0.190. The van der Waals surface area contributed by atoms with Crippen molar-refractivity contribution < 1.29 is 14.6 Å². The minimum Gasteiger partial charge on any atom is -0.396 e. The molecule has 0 aromatic rings. The quantitative estimate of drug-likeness (QED) is 0.449. The third-order valence-electron chi connectivity index (χ3n) is 2.03. The first-order valence-electron chi connectivity index (χ1n) is 3.35. The van der Waals surface area contributed by atoms with Crippen LogP contribution in [0.25, 0.3) is 0 Å². The maximum atomic E-state index is 12.7. The second-order valence-electron chi connectivity index (χ2n) is 2.78. The summed E-state index contributed by atoms with van der Waals surface area (Å²) in [5.41, 5.74) is 5.29. The summed E-state index contributed by atoms with van der Waals surface area (Å²) in [6.07, 6.45) is -2.06. The highest BCUT2D eigenvalue weighted by Crippen LogP contribution is 2.26. The number of hydrogen-bond donors (Lipinski definition) is 3. The molecule has 1 fully saturated rings. The average Bonchev–Trinajstić information content (AvgIpc) is 2.17. The van der Waals surface area contributed by atoms with E-state index >= 15 is 0 Å². The van der Waals surface area contributed by atoms with E-state index in [4.69, 9.17) is 15.9 Å². The monoisotopic (exact) mass is 149 g/mol. The van der Waals surface area contributed by atoms with Crippen molar-refractivity contribution >= 4 is 0 Å². The molecule has 0 heterocycles. The molecular formula is C6H12FNO2. The molecule has 0 bridgehead atoms. The molecule has 0 aromatic carbocycles. The van der Waals surface area contributed by atoms with Crippen molar-refractivity contribution in [3.63, 3.8) is 0 Å². The van der Waals surface area contributed by atoms with Crippen molar-refractivity contribution in [3.8, 4) is 0 Å². The van der Waals surface area contributed by atoms with Crippen LogP contribution in [-0.2, 0) is 0 Å².